The molecule has 0 saturated heterocycles. The van der Waals surface area contributed by atoms with E-state index in [2.05, 4.69) is 73.4 Å². The van der Waals surface area contributed by atoms with Crippen LogP contribution < -0.4 is 0 Å². The fraction of sp³-hybridized carbons (Fsp3) is 0.320. The SMILES string of the molecule is O=C(CSc1nnc(Cc2cccs2)n1CCc1ccccc1)N(Cc1ccsc1)C1CC1. The van der Waals surface area contributed by atoms with Crippen LogP contribution in [-0.4, -0.2) is 37.4 Å². The van der Waals surface area contributed by atoms with Crippen LogP contribution in [0.2, 0.25) is 0 Å². The minimum absolute atomic E-state index is 0.186. The fourth-order valence-corrected chi connectivity index (χ4v) is 6.06. The van der Waals surface area contributed by atoms with Crippen molar-refractivity contribution in [3.8, 4) is 0 Å². The normalized spacial score (nSPS) is 13.3. The Bertz CT molecular complexity index is 1150. The molecule has 0 unspecified atom stereocenters. The minimum atomic E-state index is 0.186. The van der Waals surface area contributed by atoms with Crippen LogP contribution in [0.4, 0.5) is 0 Å². The van der Waals surface area contributed by atoms with Crippen molar-refractivity contribution in [2.24, 2.45) is 0 Å². The molecule has 3 heterocycles. The molecule has 1 aliphatic rings. The molecule has 1 saturated carbocycles. The summed E-state index contributed by atoms with van der Waals surface area (Å²) in [7, 11) is 0. The monoisotopic (exact) mass is 494 g/mol. The van der Waals surface area contributed by atoms with E-state index in [1.807, 2.05) is 11.0 Å². The Morgan fingerprint density at radius 2 is 1.94 bits per heavy atom. The molecule has 3 aromatic heterocycles. The molecule has 1 fully saturated rings. The summed E-state index contributed by atoms with van der Waals surface area (Å²) in [6.45, 7) is 1.51. The van der Waals surface area contributed by atoms with Gasteiger partial charge in [0.2, 0.25) is 5.91 Å². The van der Waals surface area contributed by atoms with E-state index in [9.17, 15) is 4.79 Å². The van der Waals surface area contributed by atoms with Crippen molar-refractivity contribution < 1.29 is 4.79 Å². The number of nitrogens with zero attached hydrogens (tertiary/aromatic N) is 4. The molecule has 33 heavy (non-hydrogen) atoms. The van der Waals surface area contributed by atoms with Gasteiger partial charge in [0.25, 0.3) is 0 Å². The van der Waals surface area contributed by atoms with Crippen LogP contribution in [0.1, 0.15) is 34.7 Å². The highest BCUT2D eigenvalue weighted by molar-refractivity contribution is 7.99. The number of carbonyl (C=O) groups is 1. The fourth-order valence-electron chi connectivity index (χ4n) is 3.83. The van der Waals surface area contributed by atoms with Gasteiger partial charge in [-0.2, -0.15) is 11.3 Å². The van der Waals surface area contributed by atoms with E-state index in [0.29, 0.717) is 18.3 Å². The minimum Gasteiger partial charge on any atom is -0.335 e. The lowest BCUT2D eigenvalue weighted by atomic mass is 10.1. The number of rotatable bonds is 11. The summed E-state index contributed by atoms with van der Waals surface area (Å²) in [6.07, 6.45) is 3.89. The van der Waals surface area contributed by atoms with Gasteiger partial charge in [-0.05, 0) is 58.7 Å². The summed E-state index contributed by atoms with van der Waals surface area (Å²) in [4.78, 5) is 16.4. The lowest BCUT2D eigenvalue weighted by molar-refractivity contribution is -0.129. The molecule has 0 bridgehead atoms. The molecule has 4 aromatic rings. The van der Waals surface area contributed by atoms with Gasteiger partial charge >= 0.3 is 0 Å². The molecule has 5 nitrogen and oxygen atoms in total. The highest BCUT2D eigenvalue weighted by atomic mass is 32.2. The van der Waals surface area contributed by atoms with Crippen molar-refractivity contribution >= 4 is 40.3 Å². The first-order chi connectivity index (χ1) is 16.3. The molecule has 8 heteroatoms. The van der Waals surface area contributed by atoms with Gasteiger partial charge in [0.15, 0.2) is 5.16 Å². The Labute approximate surface area is 206 Å². The van der Waals surface area contributed by atoms with Crippen molar-refractivity contribution in [1.29, 1.82) is 0 Å². The standard InChI is InChI=1S/C25H26N4OS3/c30-24(29(21-8-9-21)16-20-11-14-31-17-20)18-33-25-27-26-23(15-22-7-4-13-32-22)28(25)12-10-19-5-2-1-3-6-19/h1-7,11,13-14,17,21H,8-10,12,15-16,18H2. The van der Waals surface area contributed by atoms with Gasteiger partial charge in [-0.25, -0.2) is 0 Å². The second kappa shape index (κ2) is 10.7. The molecule has 170 valence electrons. The number of carbonyl (C=O) groups excluding carboxylic acids is 1. The lowest BCUT2D eigenvalue weighted by Gasteiger charge is -2.22. The van der Waals surface area contributed by atoms with Crippen LogP contribution in [0.3, 0.4) is 0 Å². The first kappa shape index (κ1) is 22.4. The Morgan fingerprint density at radius 1 is 1.06 bits per heavy atom. The summed E-state index contributed by atoms with van der Waals surface area (Å²) < 4.78 is 2.20. The van der Waals surface area contributed by atoms with E-state index in [4.69, 9.17) is 0 Å². The predicted molar refractivity (Wildman–Crippen MR) is 136 cm³/mol. The maximum atomic E-state index is 13.1. The van der Waals surface area contributed by atoms with Crippen LogP contribution in [0.5, 0.6) is 0 Å². The summed E-state index contributed by atoms with van der Waals surface area (Å²) >= 11 is 4.93. The smallest absolute Gasteiger partial charge is 0.233 e. The number of benzene rings is 1. The van der Waals surface area contributed by atoms with E-state index in [-0.39, 0.29) is 5.91 Å². The molecule has 1 amide bonds. The van der Waals surface area contributed by atoms with Gasteiger partial charge in [-0.1, -0.05) is 48.2 Å². The first-order valence-electron chi connectivity index (χ1n) is 11.2. The third-order valence-corrected chi connectivity index (χ3v) is 8.30. The maximum Gasteiger partial charge on any atom is 0.233 e. The quantitative estimate of drug-likeness (QED) is 0.258. The summed E-state index contributed by atoms with van der Waals surface area (Å²) in [6, 6.07) is 17.2. The van der Waals surface area contributed by atoms with Crippen LogP contribution in [0.25, 0.3) is 0 Å². The average molecular weight is 495 g/mol. The van der Waals surface area contributed by atoms with E-state index in [1.54, 1.807) is 22.7 Å². The molecule has 1 aliphatic carbocycles. The van der Waals surface area contributed by atoms with E-state index in [1.165, 1.54) is 27.8 Å². The molecular formula is C25H26N4OS3. The number of hydrogen-bond donors (Lipinski definition) is 0. The topological polar surface area (TPSA) is 51.0 Å². The lowest BCUT2D eigenvalue weighted by Crippen LogP contribution is -2.33. The number of thioether (sulfide) groups is 1. The maximum absolute atomic E-state index is 13.1. The van der Waals surface area contributed by atoms with Crippen molar-refractivity contribution in [3.05, 3.63) is 86.5 Å². The van der Waals surface area contributed by atoms with Crippen LogP contribution >= 0.6 is 34.4 Å². The van der Waals surface area contributed by atoms with Gasteiger partial charge in [0, 0.05) is 30.4 Å². The molecule has 0 radical (unpaired) electrons. The second-order valence-electron chi connectivity index (χ2n) is 8.22. The molecule has 0 atom stereocenters. The van der Waals surface area contributed by atoms with Crippen LogP contribution in [0, 0.1) is 0 Å². The number of hydrogen-bond acceptors (Lipinski definition) is 6. The number of amides is 1. The van der Waals surface area contributed by atoms with Crippen molar-refractivity contribution in [2.45, 2.75) is 50.0 Å². The van der Waals surface area contributed by atoms with Crippen molar-refractivity contribution in [3.63, 3.8) is 0 Å². The first-order valence-corrected chi connectivity index (χ1v) is 14.0. The van der Waals surface area contributed by atoms with Crippen LogP contribution in [-0.2, 0) is 30.7 Å². The third-order valence-electron chi connectivity index (χ3n) is 5.74. The molecule has 0 N–H and O–H groups in total. The number of thiophene rings is 2. The Kier molecular flexibility index (Phi) is 7.24. The molecular weight excluding hydrogens is 469 g/mol. The zero-order chi connectivity index (χ0) is 22.5. The largest absolute Gasteiger partial charge is 0.335 e. The number of aryl methyl sites for hydroxylation is 1. The summed E-state index contributed by atoms with van der Waals surface area (Å²) in [5.74, 6) is 1.54. The average Bonchev–Trinajstić information content (AvgIpc) is 3.19. The van der Waals surface area contributed by atoms with Crippen molar-refractivity contribution in [1.82, 2.24) is 19.7 Å². The Morgan fingerprint density at radius 3 is 2.67 bits per heavy atom. The van der Waals surface area contributed by atoms with Gasteiger partial charge in [-0.15, -0.1) is 21.5 Å². The van der Waals surface area contributed by atoms with Gasteiger partial charge < -0.3 is 9.47 Å². The molecule has 0 aliphatic heterocycles. The highest BCUT2D eigenvalue weighted by Gasteiger charge is 2.32. The Balaban J connectivity index is 1.29. The molecule has 0 spiro atoms. The second-order valence-corrected chi connectivity index (χ2v) is 11.0. The summed E-state index contributed by atoms with van der Waals surface area (Å²) in [5.41, 5.74) is 2.51. The van der Waals surface area contributed by atoms with Gasteiger partial charge in [-0.3, -0.25) is 4.79 Å². The number of aromatic nitrogens is 3. The zero-order valence-corrected chi connectivity index (χ0v) is 20.7. The van der Waals surface area contributed by atoms with Crippen LogP contribution in [0.15, 0.2) is 69.8 Å². The van der Waals surface area contributed by atoms with E-state index < -0.39 is 0 Å². The third kappa shape index (κ3) is 5.93. The highest BCUT2D eigenvalue weighted by Crippen LogP contribution is 2.30. The molecule has 1 aromatic carbocycles. The van der Waals surface area contributed by atoms with Gasteiger partial charge in [0.05, 0.1) is 5.75 Å². The Hall–Kier alpha value is -2.42. The van der Waals surface area contributed by atoms with E-state index >= 15 is 0 Å². The van der Waals surface area contributed by atoms with Gasteiger partial charge in [0.1, 0.15) is 5.82 Å². The summed E-state index contributed by atoms with van der Waals surface area (Å²) in [5, 5.41) is 16.1. The van der Waals surface area contributed by atoms with Crippen molar-refractivity contribution in [2.75, 3.05) is 5.75 Å². The zero-order valence-electron chi connectivity index (χ0n) is 18.3. The predicted octanol–water partition coefficient (Wildman–Crippen LogP) is 5.52. The molecule has 5 rings (SSSR count). The van der Waals surface area contributed by atoms with E-state index in [0.717, 1.165) is 43.2 Å².